The van der Waals surface area contributed by atoms with E-state index in [1.54, 1.807) is 5.56 Å². The first-order valence-corrected chi connectivity index (χ1v) is 39.7. The average molecular weight is 1190 g/mol. The third-order valence-corrected chi connectivity index (χ3v) is 22.0. The van der Waals surface area contributed by atoms with Crippen molar-refractivity contribution in [3.63, 3.8) is 0 Å². The monoisotopic (exact) mass is 1190 g/mol. The molecule has 0 bridgehead atoms. The molecule has 0 N–H and O–H groups in total. The summed E-state index contributed by atoms with van der Waals surface area (Å²) in [4.78, 5) is 0. The Bertz CT molecular complexity index is 1570. The molecule has 0 radical (unpaired) electrons. The van der Waals surface area contributed by atoms with Gasteiger partial charge < -0.3 is 9.31 Å². The van der Waals surface area contributed by atoms with Crippen LogP contribution in [-0.2, 0) is 20.1 Å². The van der Waals surface area contributed by atoms with Gasteiger partial charge in [-0.25, -0.2) is 0 Å². The largest absolute Gasteiger partial charge is 0.505 e. The number of hydrogen-bond acceptors (Lipinski definition) is 4. The fraction of sp³-hybridized carbons (Fsp3) is 0.897. The van der Waals surface area contributed by atoms with Gasteiger partial charge in [-0.2, -0.15) is 22.7 Å². The SMILES string of the molecule is CCCCCCCCCCCCCCCC(C)(CCCCCCCCCCCCCCC)c1ccsc1.CCCCCCCCCCCCCCCC(C)(CCCCCCCCCCCCCCC)c1ccsc1B1OC(C)(C)C(C)(C)O1. The Morgan fingerprint density at radius 3 is 0.807 bits per heavy atom. The van der Waals surface area contributed by atoms with E-state index in [9.17, 15) is 0 Å². The number of thiophene rings is 2. The van der Waals surface area contributed by atoms with Gasteiger partial charge in [-0.1, -0.05) is 375 Å². The van der Waals surface area contributed by atoms with E-state index in [4.69, 9.17) is 9.31 Å². The van der Waals surface area contributed by atoms with Crippen LogP contribution in [0, 0.1) is 0 Å². The van der Waals surface area contributed by atoms with Crippen LogP contribution in [0.3, 0.4) is 0 Å². The van der Waals surface area contributed by atoms with Gasteiger partial charge in [0.1, 0.15) is 0 Å². The second-order valence-corrected chi connectivity index (χ2v) is 30.6. The first kappa shape index (κ1) is 78.5. The lowest BCUT2D eigenvalue weighted by molar-refractivity contribution is 0.00578. The van der Waals surface area contributed by atoms with Gasteiger partial charge in [0.15, 0.2) is 0 Å². The van der Waals surface area contributed by atoms with E-state index in [-0.39, 0.29) is 23.7 Å². The van der Waals surface area contributed by atoms with Crippen molar-refractivity contribution in [2.45, 2.75) is 451 Å². The summed E-state index contributed by atoms with van der Waals surface area (Å²) >= 11 is 3.74. The molecule has 0 aromatic carbocycles. The van der Waals surface area contributed by atoms with Gasteiger partial charge in [0, 0.05) is 4.78 Å². The van der Waals surface area contributed by atoms with Gasteiger partial charge in [0.2, 0.25) is 0 Å². The highest BCUT2D eigenvalue weighted by atomic mass is 32.1. The van der Waals surface area contributed by atoms with Crippen LogP contribution in [0.5, 0.6) is 0 Å². The van der Waals surface area contributed by atoms with Gasteiger partial charge in [-0.05, 0) is 104 Å². The third-order valence-electron chi connectivity index (χ3n) is 20.4. The lowest BCUT2D eigenvalue weighted by Gasteiger charge is -2.32. The molecule has 2 aromatic rings. The zero-order chi connectivity index (χ0) is 60.3. The highest BCUT2D eigenvalue weighted by Crippen LogP contribution is 2.41. The molecule has 0 unspecified atom stereocenters. The zero-order valence-corrected chi connectivity index (χ0v) is 59.8. The summed E-state index contributed by atoms with van der Waals surface area (Å²) in [5.41, 5.74) is 3.16. The van der Waals surface area contributed by atoms with Gasteiger partial charge >= 0.3 is 7.12 Å². The minimum atomic E-state index is -0.292. The van der Waals surface area contributed by atoms with Crippen LogP contribution >= 0.6 is 22.7 Å². The average Bonchev–Trinajstić information content (AvgIpc) is 3.15. The Balaban J connectivity index is 0.000000581. The van der Waals surface area contributed by atoms with Gasteiger partial charge in [-0.3, -0.25) is 0 Å². The van der Waals surface area contributed by atoms with Crippen molar-refractivity contribution in [1.29, 1.82) is 0 Å². The van der Waals surface area contributed by atoms with Gasteiger partial charge in [-0.15, -0.1) is 0 Å². The molecule has 5 heteroatoms. The molecule has 3 rings (SSSR count). The standard InChI is InChI=1S/C42H79BO2S.C36H68S/c1-8-10-12-14-16-18-20-22-24-26-28-30-32-35-42(7,36-33-31-29-27-25-23-21-19-17-15-13-11-9-2)38-34-37-46-39(38)43-44-40(3,4)41(5,6)45-43;1-4-6-8-10-12-14-16-18-20-22-24-26-28-31-36(3,35-30-33-37-34-35)32-29-27-25-23-21-19-17-15-13-11-9-7-5-2/h34,37H,8-33,35-36H2,1-7H3;30,33-34H,4-29,31-32H2,1-3H3. The third kappa shape index (κ3) is 38.5. The van der Waals surface area contributed by atoms with E-state index in [0.717, 1.165) is 0 Å². The molecule has 1 saturated heterocycles. The first-order chi connectivity index (χ1) is 40.4. The summed E-state index contributed by atoms with van der Waals surface area (Å²) in [6.45, 7) is 23.1. The second kappa shape index (κ2) is 52.2. The molecule has 1 fully saturated rings. The maximum atomic E-state index is 6.58. The lowest BCUT2D eigenvalue weighted by atomic mass is 9.69. The summed E-state index contributed by atoms with van der Waals surface area (Å²) in [7, 11) is -0.238. The minimum Gasteiger partial charge on any atom is -0.399 e. The van der Waals surface area contributed by atoms with Crippen LogP contribution in [0.15, 0.2) is 28.3 Å². The fourth-order valence-corrected chi connectivity index (χ4v) is 15.3. The molecule has 1 aliphatic rings. The topological polar surface area (TPSA) is 18.5 Å². The maximum Gasteiger partial charge on any atom is 0.505 e. The summed E-state index contributed by atoms with van der Waals surface area (Å²) < 4.78 is 14.5. The van der Waals surface area contributed by atoms with Crippen molar-refractivity contribution in [2.24, 2.45) is 0 Å². The molecule has 2 aromatic heterocycles. The van der Waals surface area contributed by atoms with Crippen LogP contribution in [-0.4, -0.2) is 18.3 Å². The van der Waals surface area contributed by atoms with E-state index < -0.39 is 0 Å². The van der Waals surface area contributed by atoms with Crippen molar-refractivity contribution >= 4 is 34.6 Å². The number of unbranched alkanes of at least 4 members (excludes halogenated alkanes) is 48. The molecule has 0 aliphatic carbocycles. The van der Waals surface area contributed by atoms with E-state index >= 15 is 0 Å². The van der Waals surface area contributed by atoms with E-state index in [1.807, 2.05) is 22.7 Å². The normalized spacial score (nSPS) is 14.3. The lowest BCUT2D eigenvalue weighted by Crippen LogP contribution is -2.41. The molecule has 3 heterocycles. The quantitative estimate of drug-likeness (QED) is 0.0485. The Kier molecular flexibility index (Phi) is 49.3. The smallest absolute Gasteiger partial charge is 0.399 e. The Morgan fingerprint density at radius 1 is 0.325 bits per heavy atom. The zero-order valence-electron chi connectivity index (χ0n) is 58.2. The Morgan fingerprint density at radius 2 is 0.566 bits per heavy atom. The van der Waals surface area contributed by atoms with Gasteiger partial charge in [0.05, 0.1) is 11.2 Å². The molecule has 2 nitrogen and oxygen atoms in total. The molecule has 0 amide bonds. The molecule has 0 spiro atoms. The summed E-state index contributed by atoms with van der Waals surface area (Å²) in [5, 5.41) is 7.02. The fourth-order valence-electron chi connectivity index (χ4n) is 13.5. The predicted molar refractivity (Wildman–Crippen MR) is 380 cm³/mol. The molecular formula is C78H147BO2S2. The predicted octanol–water partition coefficient (Wildman–Crippen LogP) is 28.2. The van der Waals surface area contributed by atoms with Crippen LogP contribution in [0.2, 0.25) is 0 Å². The van der Waals surface area contributed by atoms with Crippen LogP contribution in [0.1, 0.15) is 440 Å². The molecular weight excluding hydrogens is 1040 g/mol. The van der Waals surface area contributed by atoms with Gasteiger partial charge in [0.25, 0.3) is 0 Å². The van der Waals surface area contributed by atoms with Crippen LogP contribution < -0.4 is 4.78 Å². The van der Waals surface area contributed by atoms with Crippen molar-refractivity contribution < 1.29 is 9.31 Å². The highest BCUT2D eigenvalue weighted by Gasteiger charge is 2.53. The molecule has 0 atom stereocenters. The second-order valence-electron chi connectivity index (χ2n) is 28.9. The van der Waals surface area contributed by atoms with Crippen molar-refractivity contribution in [3.8, 4) is 0 Å². The molecule has 486 valence electrons. The number of hydrogen-bond donors (Lipinski definition) is 0. The van der Waals surface area contributed by atoms with Crippen LogP contribution in [0.4, 0.5) is 0 Å². The van der Waals surface area contributed by atoms with E-state index in [1.165, 1.54) is 370 Å². The highest BCUT2D eigenvalue weighted by molar-refractivity contribution is 7.21. The van der Waals surface area contributed by atoms with E-state index in [0.29, 0.717) is 5.41 Å². The van der Waals surface area contributed by atoms with Crippen molar-refractivity contribution in [3.05, 3.63) is 39.4 Å². The van der Waals surface area contributed by atoms with Crippen molar-refractivity contribution in [2.75, 3.05) is 0 Å². The Hall–Kier alpha value is -0.615. The van der Waals surface area contributed by atoms with Crippen LogP contribution in [0.25, 0.3) is 0 Å². The molecule has 83 heavy (non-hydrogen) atoms. The molecule has 0 saturated carbocycles. The minimum absolute atomic E-state index is 0.203. The Labute approximate surface area is 530 Å². The first-order valence-electron chi connectivity index (χ1n) is 37.9. The summed E-state index contributed by atoms with van der Waals surface area (Å²) in [6.07, 6.45) is 79.9. The van der Waals surface area contributed by atoms with Crippen molar-refractivity contribution in [1.82, 2.24) is 0 Å². The molecule has 1 aliphatic heterocycles. The van der Waals surface area contributed by atoms with E-state index in [2.05, 4.69) is 97.5 Å². The summed E-state index contributed by atoms with van der Waals surface area (Å²) in [5.74, 6) is 0. The summed E-state index contributed by atoms with van der Waals surface area (Å²) in [6, 6.07) is 4.82. The maximum absolute atomic E-state index is 6.58. The number of rotatable bonds is 59.